The molecular weight excluding hydrogens is 909 g/mol. The maximum Gasteiger partial charge on any atom is 0.143 e. The lowest BCUT2D eigenvalue weighted by molar-refractivity contribution is 0.125. The molecule has 0 atom stereocenters. The Hall–Kier alpha value is -8.40. The number of benzene rings is 10. The Kier molecular flexibility index (Phi) is 10.6. The van der Waals surface area contributed by atoms with Gasteiger partial charge in [0, 0.05) is 55.6 Å². The number of rotatable bonds is 9. The summed E-state index contributed by atoms with van der Waals surface area (Å²) < 4.78 is 6.51. The third-order valence-corrected chi connectivity index (χ3v) is 18.2. The summed E-state index contributed by atoms with van der Waals surface area (Å²) in [5.41, 5.74) is 23.2. The molecule has 10 aromatic carbocycles. The van der Waals surface area contributed by atoms with Gasteiger partial charge in [0.05, 0.1) is 11.4 Å². The molecule has 11 aromatic rings. The summed E-state index contributed by atoms with van der Waals surface area (Å²) in [6, 6.07) is 84.7. The van der Waals surface area contributed by atoms with Crippen molar-refractivity contribution in [3.8, 4) is 44.5 Å². The number of hydrogen-bond donors (Lipinski definition) is 0. The van der Waals surface area contributed by atoms with E-state index < -0.39 is 0 Å². The van der Waals surface area contributed by atoms with E-state index in [1.165, 1.54) is 61.4 Å². The van der Waals surface area contributed by atoms with Gasteiger partial charge < -0.3 is 14.2 Å². The van der Waals surface area contributed by atoms with Crippen LogP contribution in [0, 0.1) is 5.41 Å². The Balaban J connectivity index is 0.980. The van der Waals surface area contributed by atoms with Gasteiger partial charge in [-0.2, -0.15) is 0 Å². The minimum absolute atomic E-state index is 0.0265. The van der Waals surface area contributed by atoms with Crippen LogP contribution >= 0.6 is 0 Å². The fraction of sp³-hybridized carbons (Fsp3) is 0.167. The molecule has 0 unspecified atom stereocenters. The Bertz CT molecular complexity index is 3970. The normalized spacial score (nSPS) is 15.4. The number of hydrogen-bond acceptors (Lipinski definition) is 3. The molecule has 2 aliphatic carbocycles. The summed E-state index contributed by atoms with van der Waals surface area (Å²) in [7, 11) is 0. The Labute approximate surface area is 442 Å². The van der Waals surface area contributed by atoms with Crippen LogP contribution in [0.25, 0.3) is 66.4 Å². The second kappa shape index (κ2) is 17.1. The molecule has 13 rings (SSSR count). The summed E-state index contributed by atoms with van der Waals surface area (Å²) in [6.45, 7) is 19.5. The lowest BCUT2D eigenvalue weighted by Gasteiger charge is -2.44. The topological polar surface area (TPSA) is 19.6 Å². The highest BCUT2D eigenvalue weighted by atomic mass is 16.3. The largest absolute Gasteiger partial charge is 0.455 e. The molecule has 0 saturated carbocycles. The average Bonchev–Trinajstić information content (AvgIpc) is 3.97. The first kappa shape index (κ1) is 46.4. The second-order valence-electron chi connectivity index (χ2n) is 23.0. The summed E-state index contributed by atoms with van der Waals surface area (Å²) in [6.07, 6.45) is 0. The van der Waals surface area contributed by atoms with Gasteiger partial charge in [0.2, 0.25) is 0 Å². The molecule has 366 valence electrons. The van der Waals surface area contributed by atoms with Gasteiger partial charge in [-0.1, -0.05) is 213 Å². The SMILES string of the molecule is CC1(C)c2ccccc2-c2c(N(c3ccccc3)c3cc4c(cc3-c3ccc(N(c5ccc(-c6ccccc6)cc5)c5ccc(-c6cccc7c6oc6ccccc67)cc5)cc3)C(C)(C)C(C)(C)C4(C)C)cccc21. The van der Waals surface area contributed by atoms with E-state index in [9.17, 15) is 0 Å². The molecule has 2 aliphatic rings. The van der Waals surface area contributed by atoms with Gasteiger partial charge in [0.15, 0.2) is 0 Å². The molecule has 0 fully saturated rings. The van der Waals surface area contributed by atoms with Crippen molar-refractivity contribution < 1.29 is 4.42 Å². The van der Waals surface area contributed by atoms with Gasteiger partial charge in [-0.3, -0.25) is 0 Å². The van der Waals surface area contributed by atoms with Crippen LogP contribution in [-0.2, 0) is 16.2 Å². The van der Waals surface area contributed by atoms with Gasteiger partial charge in [-0.05, 0) is 139 Å². The van der Waals surface area contributed by atoms with Crippen LogP contribution in [0.2, 0.25) is 0 Å². The lowest BCUT2D eigenvalue weighted by Crippen LogP contribution is -2.42. The molecule has 1 heterocycles. The average molecular weight is 971 g/mol. The van der Waals surface area contributed by atoms with Gasteiger partial charge in [0.25, 0.3) is 0 Å². The molecule has 0 spiro atoms. The zero-order chi connectivity index (χ0) is 51.4. The highest BCUT2D eigenvalue weighted by molar-refractivity contribution is 6.09. The monoisotopic (exact) mass is 970 g/mol. The molecule has 0 N–H and O–H groups in total. The van der Waals surface area contributed by atoms with E-state index in [-0.39, 0.29) is 21.7 Å². The van der Waals surface area contributed by atoms with Gasteiger partial charge in [-0.25, -0.2) is 0 Å². The van der Waals surface area contributed by atoms with E-state index in [2.05, 4.69) is 290 Å². The minimum atomic E-state index is -0.145. The summed E-state index contributed by atoms with van der Waals surface area (Å²) >= 11 is 0. The van der Waals surface area contributed by atoms with E-state index in [1.54, 1.807) is 0 Å². The predicted octanol–water partition coefficient (Wildman–Crippen LogP) is 20.4. The molecule has 0 bridgehead atoms. The second-order valence-corrected chi connectivity index (χ2v) is 23.0. The van der Waals surface area contributed by atoms with Crippen LogP contribution in [0.4, 0.5) is 34.1 Å². The summed E-state index contributed by atoms with van der Waals surface area (Å²) in [4.78, 5) is 4.94. The van der Waals surface area contributed by atoms with Gasteiger partial charge in [0.1, 0.15) is 11.2 Å². The Morgan fingerprint density at radius 3 is 1.47 bits per heavy atom. The highest BCUT2D eigenvalue weighted by Crippen LogP contribution is 2.64. The van der Waals surface area contributed by atoms with Crippen molar-refractivity contribution in [2.24, 2.45) is 5.41 Å². The van der Waals surface area contributed by atoms with Crippen molar-refractivity contribution >= 4 is 56.1 Å². The number of para-hydroxylation sites is 3. The molecule has 1 aromatic heterocycles. The third kappa shape index (κ3) is 7.08. The summed E-state index contributed by atoms with van der Waals surface area (Å²) in [5.74, 6) is 0. The number of anilines is 6. The van der Waals surface area contributed by atoms with E-state index in [0.717, 1.165) is 61.4 Å². The van der Waals surface area contributed by atoms with Crippen molar-refractivity contribution in [2.45, 2.75) is 71.6 Å². The van der Waals surface area contributed by atoms with Crippen LogP contribution < -0.4 is 9.80 Å². The quantitative estimate of drug-likeness (QED) is 0.144. The lowest BCUT2D eigenvalue weighted by atomic mass is 9.59. The number of nitrogens with zero attached hydrogens (tertiary/aromatic N) is 2. The number of fused-ring (bicyclic) bond motifs is 7. The Morgan fingerprint density at radius 2 is 0.800 bits per heavy atom. The fourth-order valence-electron chi connectivity index (χ4n) is 12.8. The van der Waals surface area contributed by atoms with Crippen LogP contribution in [0.1, 0.15) is 77.6 Å². The van der Waals surface area contributed by atoms with Crippen LogP contribution in [0.5, 0.6) is 0 Å². The molecule has 75 heavy (non-hydrogen) atoms. The smallest absolute Gasteiger partial charge is 0.143 e. The van der Waals surface area contributed by atoms with Crippen molar-refractivity contribution in [2.75, 3.05) is 9.80 Å². The van der Waals surface area contributed by atoms with Gasteiger partial charge >= 0.3 is 0 Å². The first-order chi connectivity index (χ1) is 36.2. The highest BCUT2D eigenvalue weighted by Gasteiger charge is 2.57. The predicted molar refractivity (Wildman–Crippen MR) is 317 cm³/mol. The van der Waals surface area contributed by atoms with E-state index in [4.69, 9.17) is 4.42 Å². The van der Waals surface area contributed by atoms with Crippen LogP contribution in [0.15, 0.2) is 235 Å². The van der Waals surface area contributed by atoms with Crippen LogP contribution in [-0.4, -0.2) is 0 Å². The zero-order valence-electron chi connectivity index (χ0n) is 44.2. The zero-order valence-corrected chi connectivity index (χ0v) is 44.2. The maximum atomic E-state index is 6.51. The fourth-order valence-corrected chi connectivity index (χ4v) is 12.8. The molecule has 0 amide bonds. The first-order valence-electron chi connectivity index (χ1n) is 26.6. The molecule has 3 heteroatoms. The van der Waals surface area contributed by atoms with E-state index in [0.29, 0.717) is 0 Å². The summed E-state index contributed by atoms with van der Waals surface area (Å²) in [5, 5.41) is 2.26. The third-order valence-electron chi connectivity index (χ3n) is 18.2. The van der Waals surface area contributed by atoms with E-state index in [1.807, 2.05) is 6.07 Å². The van der Waals surface area contributed by atoms with Crippen molar-refractivity contribution in [1.82, 2.24) is 0 Å². The van der Waals surface area contributed by atoms with Crippen LogP contribution in [0.3, 0.4) is 0 Å². The van der Waals surface area contributed by atoms with Gasteiger partial charge in [-0.15, -0.1) is 0 Å². The standard InChI is InChI=1S/C72H62N2O/c1-69(2)60-29-17-15-26-58(60)67-61(69)30-20-31-64(67)74(51-23-13-10-14-24-51)65-46-63-62(70(3,4)72(7,8)71(63,5)6)45-59(65)50-37-43-54(44-38-50)73(52-39-33-48(34-40-52)47-21-11-9-12-22-47)53-41-35-49(36-42-53)55-27-19-28-57-56-25-16-18-32-66(56)75-68(55)57/h9-46H,1-8H3. The van der Waals surface area contributed by atoms with E-state index >= 15 is 0 Å². The van der Waals surface area contributed by atoms with Crippen molar-refractivity contribution in [3.05, 3.63) is 253 Å². The van der Waals surface area contributed by atoms with Crippen molar-refractivity contribution in [3.63, 3.8) is 0 Å². The molecule has 3 nitrogen and oxygen atoms in total. The Morgan fingerprint density at radius 1 is 0.320 bits per heavy atom. The van der Waals surface area contributed by atoms with Crippen molar-refractivity contribution in [1.29, 1.82) is 0 Å². The number of furan rings is 1. The maximum absolute atomic E-state index is 6.51. The minimum Gasteiger partial charge on any atom is -0.455 e. The first-order valence-corrected chi connectivity index (χ1v) is 26.6. The molecule has 0 saturated heterocycles. The molecule has 0 aliphatic heterocycles. The molecule has 0 radical (unpaired) electrons. The molecular formula is C72H62N2O.